The van der Waals surface area contributed by atoms with Crippen molar-refractivity contribution >= 4 is 17.6 Å². The van der Waals surface area contributed by atoms with Crippen molar-refractivity contribution in [2.75, 3.05) is 25.6 Å². The highest BCUT2D eigenvalue weighted by Crippen LogP contribution is 2.25. The fourth-order valence-corrected chi connectivity index (χ4v) is 2.67. The molecule has 0 aliphatic carbocycles. The van der Waals surface area contributed by atoms with Crippen molar-refractivity contribution in [3.05, 3.63) is 36.4 Å². The maximum Gasteiger partial charge on any atom is 0.305 e. The zero-order chi connectivity index (χ0) is 18.6. The minimum Gasteiger partial charge on any atom is -0.491 e. The largest absolute Gasteiger partial charge is 0.491 e. The normalized spacial score (nSPS) is 17.9. The second kappa shape index (κ2) is 11.3. The third-order valence-electron chi connectivity index (χ3n) is 4.11. The van der Waals surface area contributed by atoms with E-state index >= 15 is 0 Å². The summed E-state index contributed by atoms with van der Waals surface area (Å²) < 4.78 is 16.1. The lowest BCUT2D eigenvalue weighted by Gasteiger charge is -2.19. The van der Waals surface area contributed by atoms with Gasteiger partial charge in [0.05, 0.1) is 26.0 Å². The number of rotatable bonds is 6. The van der Waals surface area contributed by atoms with Crippen LogP contribution < -0.4 is 10.1 Å². The van der Waals surface area contributed by atoms with Gasteiger partial charge < -0.3 is 19.5 Å². The van der Waals surface area contributed by atoms with Gasteiger partial charge in [0.2, 0.25) is 0 Å². The number of carbonyl (C=O) groups is 2. The van der Waals surface area contributed by atoms with Crippen molar-refractivity contribution in [3.63, 3.8) is 0 Å². The molecule has 1 N–H and O–H groups in total. The number of fused-ring (bicyclic) bond motifs is 1. The molecule has 1 heterocycles. The molecular weight excluding hydrogens is 334 g/mol. The monoisotopic (exact) mass is 361 g/mol. The first-order valence-corrected chi connectivity index (χ1v) is 9.07. The van der Waals surface area contributed by atoms with Gasteiger partial charge in [0.25, 0.3) is 5.91 Å². The van der Waals surface area contributed by atoms with E-state index in [9.17, 15) is 9.59 Å². The number of benzene rings is 1. The molecule has 1 amide bonds. The van der Waals surface area contributed by atoms with Crippen molar-refractivity contribution in [3.8, 4) is 5.75 Å². The van der Waals surface area contributed by atoms with Gasteiger partial charge in [-0.15, -0.1) is 0 Å². The Morgan fingerprint density at radius 1 is 1.23 bits per heavy atom. The van der Waals surface area contributed by atoms with E-state index in [1.807, 2.05) is 36.4 Å². The molecule has 0 spiro atoms. The van der Waals surface area contributed by atoms with Crippen molar-refractivity contribution in [1.29, 1.82) is 0 Å². The van der Waals surface area contributed by atoms with Gasteiger partial charge in [-0.25, -0.2) is 0 Å². The van der Waals surface area contributed by atoms with Gasteiger partial charge >= 0.3 is 5.97 Å². The van der Waals surface area contributed by atoms with Gasteiger partial charge in [-0.2, -0.15) is 0 Å². The Kier molecular flexibility index (Phi) is 8.69. The topological polar surface area (TPSA) is 73.9 Å². The van der Waals surface area contributed by atoms with Gasteiger partial charge in [-0.05, 0) is 31.4 Å². The standard InChI is InChI=1S/C20H27NO5/c1-24-19(22)13-5-2-4-12-18-20(23)21-16-10-6-7-11-17(16)25-14-8-3-9-15-26-18/h3,6-7,9-11,18H,2,4-5,8,12-15H2,1H3,(H,21,23). The number of amides is 1. The summed E-state index contributed by atoms with van der Waals surface area (Å²) in [6.07, 6.45) is 7.55. The van der Waals surface area contributed by atoms with Crippen LogP contribution in [0.2, 0.25) is 0 Å². The number of esters is 1. The summed E-state index contributed by atoms with van der Waals surface area (Å²) in [5, 5.41) is 2.91. The van der Waals surface area contributed by atoms with Crippen molar-refractivity contribution in [1.82, 2.24) is 0 Å². The van der Waals surface area contributed by atoms with E-state index < -0.39 is 6.10 Å². The van der Waals surface area contributed by atoms with Crippen molar-refractivity contribution < 1.29 is 23.8 Å². The second-order valence-corrected chi connectivity index (χ2v) is 6.09. The molecule has 1 aromatic carbocycles. The highest BCUT2D eigenvalue weighted by molar-refractivity contribution is 5.95. The summed E-state index contributed by atoms with van der Waals surface area (Å²) >= 11 is 0. The van der Waals surface area contributed by atoms with Crippen LogP contribution in [-0.4, -0.2) is 38.3 Å². The summed E-state index contributed by atoms with van der Waals surface area (Å²) in [4.78, 5) is 23.8. The molecule has 0 saturated heterocycles. The predicted octanol–water partition coefficient (Wildman–Crippen LogP) is 3.47. The first-order valence-electron chi connectivity index (χ1n) is 9.07. The lowest BCUT2D eigenvalue weighted by molar-refractivity contribution is -0.140. The Balaban J connectivity index is 1.93. The lowest BCUT2D eigenvalue weighted by Crippen LogP contribution is -2.31. The number of nitrogens with one attached hydrogen (secondary N) is 1. The molecule has 1 atom stereocenters. The Morgan fingerprint density at radius 2 is 2.08 bits per heavy atom. The van der Waals surface area contributed by atoms with Crippen LogP contribution in [0.3, 0.4) is 0 Å². The summed E-state index contributed by atoms with van der Waals surface area (Å²) in [5.74, 6) is 0.279. The molecule has 142 valence electrons. The van der Waals surface area contributed by atoms with Crippen LogP contribution in [0, 0.1) is 0 Å². The fourth-order valence-electron chi connectivity index (χ4n) is 2.67. The second-order valence-electron chi connectivity index (χ2n) is 6.09. The smallest absolute Gasteiger partial charge is 0.305 e. The first-order chi connectivity index (χ1) is 12.7. The van der Waals surface area contributed by atoms with Crippen molar-refractivity contribution in [2.24, 2.45) is 0 Å². The first kappa shape index (κ1) is 20.0. The van der Waals surface area contributed by atoms with Crippen LogP contribution in [0.4, 0.5) is 5.69 Å². The Morgan fingerprint density at radius 3 is 2.92 bits per heavy atom. The molecule has 0 bridgehead atoms. The van der Waals surface area contributed by atoms with E-state index in [1.54, 1.807) is 0 Å². The minimum absolute atomic E-state index is 0.178. The van der Waals surface area contributed by atoms with Crippen LogP contribution in [0.15, 0.2) is 36.4 Å². The molecular formula is C20H27NO5. The minimum atomic E-state index is -0.537. The molecule has 1 aliphatic rings. The number of carbonyl (C=O) groups excluding carboxylic acids is 2. The van der Waals surface area contributed by atoms with Crippen LogP contribution in [0.1, 0.15) is 38.5 Å². The summed E-state index contributed by atoms with van der Waals surface area (Å²) in [5.41, 5.74) is 0.654. The molecule has 1 aromatic rings. The van der Waals surface area contributed by atoms with Crippen LogP contribution in [-0.2, 0) is 19.1 Å². The lowest BCUT2D eigenvalue weighted by atomic mass is 10.1. The zero-order valence-corrected chi connectivity index (χ0v) is 15.2. The van der Waals surface area contributed by atoms with Gasteiger partial charge in [0, 0.05) is 6.42 Å². The summed E-state index contributed by atoms with van der Waals surface area (Å²) in [6, 6.07) is 7.40. The van der Waals surface area contributed by atoms with Crippen LogP contribution in [0.25, 0.3) is 0 Å². The molecule has 1 aliphatic heterocycles. The van der Waals surface area contributed by atoms with Gasteiger partial charge in [0.15, 0.2) is 0 Å². The molecule has 0 fully saturated rings. The molecule has 26 heavy (non-hydrogen) atoms. The van der Waals surface area contributed by atoms with E-state index in [2.05, 4.69) is 10.1 Å². The zero-order valence-electron chi connectivity index (χ0n) is 15.2. The SMILES string of the molecule is COC(=O)CCCCCC1OCC=CCCOc2ccccc2NC1=O. The van der Waals surface area contributed by atoms with E-state index in [1.165, 1.54) is 7.11 Å². The Bertz CT molecular complexity index is 614. The molecule has 1 unspecified atom stereocenters. The number of methoxy groups -OCH3 is 1. The highest BCUT2D eigenvalue weighted by Gasteiger charge is 2.20. The average molecular weight is 361 g/mol. The molecule has 0 radical (unpaired) electrons. The number of unbranched alkanes of at least 4 members (excludes halogenated alkanes) is 2. The Labute approximate surface area is 154 Å². The third kappa shape index (κ3) is 6.88. The van der Waals surface area contributed by atoms with Gasteiger partial charge in [0.1, 0.15) is 11.9 Å². The number of ether oxygens (including phenoxy) is 3. The van der Waals surface area contributed by atoms with Crippen LogP contribution >= 0.6 is 0 Å². The summed E-state index contributed by atoms with van der Waals surface area (Å²) in [6.45, 7) is 0.939. The average Bonchev–Trinajstić information content (AvgIpc) is 2.65. The quantitative estimate of drug-likeness (QED) is 0.477. The van der Waals surface area contributed by atoms with E-state index in [-0.39, 0.29) is 11.9 Å². The van der Waals surface area contributed by atoms with Crippen LogP contribution in [0.5, 0.6) is 5.75 Å². The molecule has 6 nitrogen and oxygen atoms in total. The molecule has 0 aromatic heterocycles. The Hall–Kier alpha value is -2.34. The number of hydrogen-bond acceptors (Lipinski definition) is 5. The van der Waals surface area contributed by atoms with E-state index in [0.717, 1.165) is 25.7 Å². The molecule has 2 rings (SSSR count). The number of anilines is 1. The van der Waals surface area contributed by atoms with E-state index in [4.69, 9.17) is 9.47 Å². The van der Waals surface area contributed by atoms with Gasteiger partial charge in [-0.3, -0.25) is 9.59 Å². The molecule has 0 saturated carbocycles. The number of hydrogen-bond donors (Lipinski definition) is 1. The van der Waals surface area contributed by atoms with Crippen molar-refractivity contribution in [2.45, 2.75) is 44.6 Å². The molecule has 6 heteroatoms. The van der Waals surface area contributed by atoms with E-state index in [0.29, 0.717) is 37.5 Å². The highest BCUT2D eigenvalue weighted by atomic mass is 16.5. The number of para-hydroxylation sites is 2. The maximum atomic E-state index is 12.6. The fraction of sp³-hybridized carbons (Fsp3) is 0.500. The summed E-state index contributed by atoms with van der Waals surface area (Å²) in [7, 11) is 1.39. The third-order valence-corrected chi connectivity index (χ3v) is 4.11. The van der Waals surface area contributed by atoms with Gasteiger partial charge in [-0.1, -0.05) is 37.1 Å². The predicted molar refractivity (Wildman–Crippen MR) is 99.2 cm³/mol. The maximum absolute atomic E-state index is 12.6.